The number of H-pyrrole nitrogens is 1. The molecule has 1 aromatic heterocycles. The van der Waals surface area contributed by atoms with Crippen LogP contribution in [0.1, 0.15) is 16.9 Å². The molecule has 1 aromatic carbocycles. The summed E-state index contributed by atoms with van der Waals surface area (Å²) in [6.45, 7) is 0. The summed E-state index contributed by atoms with van der Waals surface area (Å²) >= 11 is 11.7. The van der Waals surface area contributed by atoms with Crippen LogP contribution >= 0.6 is 23.2 Å². The number of carbonyl (C=O) groups is 1. The van der Waals surface area contributed by atoms with Crippen LogP contribution in [0.15, 0.2) is 29.4 Å². The number of amides is 1. The van der Waals surface area contributed by atoms with Crippen molar-refractivity contribution in [3.8, 4) is 11.3 Å². The normalized spacial score (nSPS) is 19.9. The Kier molecular flexibility index (Phi) is 5.15. The van der Waals surface area contributed by atoms with Gasteiger partial charge in [-0.05, 0) is 18.2 Å². The Bertz CT molecular complexity index is 921. The van der Waals surface area contributed by atoms with Gasteiger partial charge in [0.15, 0.2) is 0 Å². The van der Waals surface area contributed by atoms with E-state index in [1.54, 1.807) is 6.07 Å². The van der Waals surface area contributed by atoms with Crippen LogP contribution in [0, 0.1) is 0 Å². The van der Waals surface area contributed by atoms with Gasteiger partial charge in [0.25, 0.3) is 18.8 Å². The van der Waals surface area contributed by atoms with E-state index >= 15 is 0 Å². The number of halogens is 6. The van der Waals surface area contributed by atoms with Crippen molar-refractivity contribution in [1.29, 1.82) is 0 Å². The molecule has 0 saturated carbocycles. The van der Waals surface area contributed by atoms with Gasteiger partial charge in [-0.1, -0.05) is 29.3 Å². The molecule has 0 saturated heterocycles. The van der Waals surface area contributed by atoms with E-state index in [1.165, 1.54) is 18.2 Å². The number of aromatic amines is 1. The lowest BCUT2D eigenvalue weighted by Crippen LogP contribution is -2.51. The molecule has 0 fully saturated rings. The molecule has 1 atom stereocenters. The first-order valence-corrected chi connectivity index (χ1v) is 8.10. The SMILES string of the molecule is O=C(c1cc(-c2ccc(Cl)c(Cl)c2)n[nH]1)N1N=C(C(F)F)C[C@@]1(O)C(F)F. The quantitative estimate of drug-likeness (QED) is 0.732. The molecule has 0 unspecified atom stereocenters. The number of rotatable bonds is 4. The second-order valence-corrected chi connectivity index (χ2v) is 6.48. The fourth-order valence-corrected chi connectivity index (χ4v) is 2.75. The third kappa shape index (κ3) is 3.52. The van der Waals surface area contributed by atoms with Crippen molar-refractivity contribution in [2.45, 2.75) is 25.0 Å². The number of hydrogen-bond donors (Lipinski definition) is 2. The number of carbonyl (C=O) groups excluding carboxylic acids is 1. The smallest absolute Gasteiger partial charge is 0.294 e. The molecule has 144 valence electrons. The van der Waals surface area contributed by atoms with Crippen LogP contribution in [-0.2, 0) is 0 Å². The van der Waals surface area contributed by atoms with Crippen LogP contribution in [0.25, 0.3) is 11.3 Å². The third-order valence-electron chi connectivity index (χ3n) is 3.85. The highest BCUT2D eigenvalue weighted by molar-refractivity contribution is 6.42. The van der Waals surface area contributed by atoms with Gasteiger partial charge in [-0.15, -0.1) is 0 Å². The predicted molar refractivity (Wildman–Crippen MR) is 89.2 cm³/mol. The van der Waals surface area contributed by atoms with Crippen LogP contribution in [-0.4, -0.2) is 50.5 Å². The van der Waals surface area contributed by atoms with E-state index in [4.69, 9.17) is 23.2 Å². The fourth-order valence-electron chi connectivity index (χ4n) is 2.45. The molecule has 0 bridgehead atoms. The van der Waals surface area contributed by atoms with Crippen molar-refractivity contribution in [3.05, 3.63) is 40.0 Å². The largest absolute Gasteiger partial charge is 0.364 e. The zero-order chi connectivity index (χ0) is 19.9. The molecule has 27 heavy (non-hydrogen) atoms. The van der Waals surface area contributed by atoms with E-state index in [0.29, 0.717) is 10.6 Å². The summed E-state index contributed by atoms with van der Waals surface area (Å²) in [5.74, 6) is -1.24. The van der Waals surface area contributed by atoms with Gasteiger partial charge in [0.05, 0.1) is 15.7 Å². The summed E-state index contributed by atoms with van der Waals surface area (Å²) < 4.78 is 52.1. The molecule has 1 amide bonds. The maximum Gasteiger partial charge on any atom is 0.294 e. The first-order chi connectivity index (χ1) is 12.6. The highest BCUT2D eigenvalue weighted by Crippen LogP contribution is 2.34. The van der Waals surface area contributed by atoms with Crippen molar-refractivity contribution in [2.75, 3.05) is 0 Å². The Balaban J connectivity index is 1.93. The van der Waals surface area contributed by atoms with Crippen molar-refractivity contribution in [2.24, 2.45) is 5.10 Å². The number of nitrogens with zero attached hydrogens (tertiary/aromatic N) is 3. The molecule has 0 aliphatic carbocycles. The molecule has 0 radical (unpaired) electrons. The third-order valence-corrected chi connectivity index (χ3v) is 4.59. The molecule has 1 aliphatic rings. The van der Waals surface area contributed by atoms with Gasteiger partial charge in [0.1, 0.15) is 11.4 Å². The Labute approximate surface area is 159 Å². The van der Waals surface area contributed by atoms with E-state index in [2.05, 4.69) is 15.3 Å². The zero-order valence-electron chi connectivity index (χ0n) is 13.1. The van der Waals surface area contributed by atoms with Gasteiger partial charge in [-0.25, -0.2) is 17.6 Å². The zero-order valence-corrected chi connectivity index (χ0v) is 14.6. The molecular formula is C15H10Cl2F4N4O2. The van der Waals surface area contributed by atoms with Crippen molar-refractivity contribution >= 4 is 34.8 Å². The Morgan fingerprint density at radius 2 is 1.93 bits per heavy atom. The Hall–Kier alpha value is -2.17. The van der Waals surface area contributed by atoms with Crippen LogP contribution < -0.4 is 0 Å². The Morgan fingerprint density at radius 1 is 1.22 bits per heavy atom. The number of alkyl halides is 4. The van der Waals surface area contributed by atoms with Gasteiger partial charge in [-0.3, -0.25) is 9.89 Å². The summed E-state index contributed by atoms with van der Waals surface area (Å²) in [4.78, 5) is 12.5. The summed E-state index contributed by atoms with van der Waals surface area (Å²) in [5.41, 5.74) is -3.85. The minimum Gasteiger partial charge on any atom is -0.364 e. The first kappa shape index (κ1) is 19.6. The van der Waals surface area contributed by atoms with Crippen LogP contribution in [0.4, 0.5) is 17.6 Å². The average Bonchev–Trinajstić information content (AvgIpc) is 3.22. The van der Waals surface area contributed by atoms with Crippen molar-refractivity contribution in [3.63, 3.8) is 0 Å². The molecule has 1 aliphatic heterocycles. The molecule has 2 aromatic rings. The average molecular weight is 425 g/mol. The van der Waals surface area contributed by atoms with E-state index in [1.807, 2.05) is 0 Å². The highest BCUT2D eigenvalue weighted by atomic mass is 35.5. The number of nitrogens with one attached hydrogen (secondary N) is 1. The molecule has 0 spiro atoms. The molecule has 2 N–H and O–H groups in total. The van der Waals surface area contributed by atoms with E-state index in [0.717, 1.165) is 0 Å². The fraction of sp³-hybridized carbons (Fsp3) is 0.267. The molecule has 6 nitrogen and oxygen atoms in total. The lowest BCUT2D eigenvalue weighted by atomic mass is 10.1. The van der Waals surface area contributed by atoms with Gasteiger partial charge in [0, 0.05) is 12.0 Å². The minimum absolute atomic E-state index is 0.0503. The maximum absolute atomic E-state index is 13.2. The maximum atomic E-state index is 13.2. The summed E-state index contributed by atoms with van der Waals surface area (Å²) in [7, 11) is 0. The van der Waals surface area contributed by atoms with Crippen molar-refractivity contribution in [1.82, 2.24) is 15.2 Å². The summed E-state index contributed by atoms with van der Waals surface area (Å²) in [6.07, 6.45) is -7.87. The van der Waals surface area contributed by atoms with E-state index < -0.39 is 36.6 Å². The topological polar surface area (TPSA) is 81.6 Å². The summed E-state index contributed by atoms with van der Waals surface area (Å²) in [6, 6.07) is 5.69. The molecule has 12 heteroatoms. The predicted octanol–water partition coefficient (Wildman–Crippen LogP) is 3.80. The number of aromatic nitrogens is 2. The highest BCUT2D eigenvalue weighted by Gasteiger charge is 2.53. The van der Waals surface area contributed by atoms with Crippen LogP contribution in [0.3, 0.4) is 0 Å². The van der Waals surface area contributed by atoms with Gasteiger partial charge >= 0.3 is 0 Å². The second-order valence-electron chi connectivity index (χ2n) is 5.66. The van der Waals surface area contributed by atoms with E-state index in [9.17, 15) is 27.5 Å². The lowest BCUT2D eigenvalue weighted by Gasteiger charge is -2.29. The van der Waals surface area contributed by atoms with Gasteiger partial charge < -0.3 is 5.11 Å². The standard InChI is InChI=1S/C15H10Cl2F4N4O2/c16-7-2-1-6(3-8(7)17)9-4-10(23-22-9)13(26)25-15(27,14(20)21)5-11(24-25)12(18)19/h1-4,12,14,27H,5H2,(H,22,23)/t15-/m1/s1. The first-order valence-electron chi connectivity index (χ1n) is 7.35. The second kappa shape index (κ2) is 7.10. The number of benzene rings is 1. The monoisotopic (exact) mass is 424 g/mol. The lowest BCUT2D eigenvalue weighted by molar-refractivity contribution is -0.164. The van der Waals surface area contributed by atoms with Gasteiger partial charge in [-0.2, -0.15) is 15.2 Å². The number of hydrogen-bond acceptors (Lipinski definition) is 4. The van der Waals surface area contributed by atoms with Crippen molar-refractivity contribution < 1.29 is 27.5 Å². The Morgan fingerprint density at radius 3 is 2.52 bits per heavy atom. The number of hydrazone groups is 1. The molecular weight excluding hydrogens is 415 g/mol. The summed E-state index contributed by atoms with van der Waals surface area (Å²) in [5, 5.41) is 19.8. The van der Waals surface area contributed by atoms with Crippen LogP contribution in [0.2, 0.25) is 10.0 Å². The van der Waals surface area contributed by atoms with Gasteiger partial charge in [0.2, 0.25) is 5.72 Å². The van der Waals surface area contributed by atoms with E-state index in [-0.39, 0.29) is 21.4 Å². The number of aliphatic hydroxyl groups is 1. The molecule has 2 heterocycles. The molecule has 3 rings (SSSR count). The minimum atomic E-state index is -3.51. The van der Waals surface area contributed by atoms with Crippen LogP contribution in [0.5, 0.6) is 0 Å².